The topological polar surface area (TPSA) is 166 Å². The zero-order chi connectivity index (χ0) is 103. The van der Waals surface area contributed by atoms with E-state index in [1.54, 1.807) is 48.5 Å². The molecular weight excluding hydrogens is 2000 g/mol. The molecule has 18 aromatic carbocycles. The number of fused-ring (bicyclic) bond motifs is 18. The zero-order valence-electron chi connectivity index (χ0n) is 86.0. The molecule has 0 amide bonds. The predicted molar refractivity (Wildman–Crippen MR) is 614 cm³/mol. The second-order valence-corrected chi connectivity index (χ2v) is 35.7. The summed E-state index contributed by atoms with van der Waals surface area (Å²) in [6.45, 7) is 17.5. The maximum absolute atomic E-state index is 11.9. The maximum atomic E-state index is 11.9. The van der Waals surface area contributed by atoms with Crippen molar-refractivity contribution in [1.29, 1.82) is 0 Å². The van der Waals surface area contributed by atoms with Crippen molar-refractivity contribution in [3.05, 3.63) is 537 Å². The third-order valence-electron chi connectivity index (χ3n) is 27.0. The van der Waals surface area contributed by atoms with Gasteiger partial charge in [-0.05, 0) is 229 Å². The Morgan fingerprint density at radius 2 is 0.432 bits per heavy atom. The Kier molecular flexibility index (Phi) is 42.4. The van der Waals surface area contributed by atoms with Crippen molar-refractivity contribution in [1.82, 2.24) is 0 Å². The van der Waals surface area contributed by atoms with Crippen LogP contribution in [0.5, 0.6) is 34.5 Å². The third kappa shape index (κ3) is 23.3. The van der Waals surface area contributed by atoms with Crippen LogP contribution in [0.1, 0.15) is 162 Å². The van der Waals surface area contributed by atoms with Crippen molar-refractivity contribution in [3.63, 3.8) is 0 Å². The molecule has 0 radical (unpaired) electrons. The van der Waals surface area contributed by atoms with Gasteiger partial charge in [0, 0.05) is 22.0 Å². The average Bonchev–Trinajstić information content (AvgIpc) is 1.54. The molecule has 3 unspecified atom stereocenters. The number of rotatable bonds is 11. The second kappa shape index (κ2) is 54.2. The number of phenolic OH excluding ortho intramolecular Hbond substituents is 4. The van der Waals surface area contributed by atoms with Crippen LogP contribution >= 0.6 is 43.7 Å². The van der Waals surface area contributed by atoms with E-state index in [1.807, 2.05) is 149 Å². The van der Waals surface area contributed by atoms with Crippen molar-refractivity contribution < 1.29 is 154 Å². The van der Waals surface area contributed by atoms with Gasteiger partial charge in [0.2, 0.25) is 0 Å². The number of benzene rings is 18. The minimum atomic E-state index is -0.491. The van der Waals surface area contributed by atoms with Gasteiger partial charge in [0.15, 0.2) is 5.78 Å². The van der Waals surface area contributed by atoms with Gasteiger partial charge < -0.3 is 41.5 Å². The molecule has 6 aliphatic carbocycles. The van der Waals surface area contributed by atoms with E-state index in [-0.39, 0.29) is 173 Å². The van der Waals surface area contributed by atoms with E-state index < -0.39 is 16.2 Å². The van der Waals surface area contributed by atoms with Crippen molar-refractivity contribution in [2.24, 2.45) is 0 Å². The number of ether oxygens (including phenoxy) is 2. The van der Waals surface area contributed by atoms with Crippen LogP contribution in [0.15, 0.2) is 437 Å². The molecule has 10 nitrogen and oxygen atoms in total. The Morgan fingerprint density at radius 3 is 0.601 bits per heavy atom. The molecule has 3 atom stereocenters. The van der Waals surface area contributed by atoms with E-state index in [0.717, 1.165) is 67.1 Å². The number of carbonyl (C=O) groups excluding carboxylic acids is 2. The van der Waals surface area contributed by atoms with Crippen LogP contribution in [0, 0.1) is 37.0 Å². The standard InChI is InChI=1S/C31H22O2.2C25H18O2.2C15H14.C13H8O.C3H3Br.2C2H6.CH2O3.2K.H4P2.H3P.H/c1-3-21-32-25-17-13-23(14-18-25)31(24-15-19-26(20-16-24)33-22-4-2)29-11-7-5-9-27(29)28-10-6-8-12-30(28)31;2*26-19-13-9-17(10-14-19)25(18-11-15-20(27)16-12-18)23-7-3-1-5-21(23)22-6-2-4-8-24(22)25;2*1-15(2)13-9-5-3-7-11(13)12-8-4-6-10-14(12)15;14-13-11-7-3-1-5-9(11)10-6-2-4-8-12(10)13;1-2-3-4;2*1-2;2-1-4-3;;;1-2;;/h1-2,5-20H,21-22H2;2*1-16,26-27H;2*3-10H,1-2H3;1-8H;1H,3H2;2*1-2H3;1,3H;;;1-2H2;1H3;/q;;;;;;;;;;2*+1;;;-1/p-1. The second-order valence-electron chi connectivity index (χ2n) is 35.1. The van der Waals surface area contributed by atoms with E-state index in [0.29, 0.717) is 5.33 Å². The summed E-state index contributed by atoms with van der Waals surface area (Å²) >= 11 is 3.01. The fourth-order valence-corrected chi connectivity index (χ4v) is 21.1. The van der Waals surface area contributed by atoms with Crippen molar-refractivity contribution in [3.8, 4) is 138 Å². The van der Waals surface area contributed by atoms with Crippen molar-refractivity contribution >= 4 is 55.9 Å². The first-order chi connectivity index (χ1) is 70.8. The fourth-order valence-electron chi connectivity index (χ4n) is 21.1. The van der Waals surface area contributed by atoms with Crippen molar-refractivity contribution in [2.45, 2.75) is 82.5 Å². The number of ketones is 1. The molecule has 0 saturated carbocycles. The van der Waals surface area contributed by atoms with Gasteiger partial charge in [-0.15, -0.1) is 37.1 Å². The molecule has 148 heavy (non-hydrogen) atoms. The Bertz CT molecular complexity index is 6970. The molecule has 0 bridgehead atoms. The predicted octanol–water partition coefficient (Wildman–Crippen LogP) is 24.2. The number of terminal acetylenes is 3. The summed E-state index contributed by atoms with van der Waals surface area (Å²) in [4.78, 5) is 23.1. The zero-order valence-corrected chi connectivity index (χ0v) is 96.5. The van der Waals surface area contributed by atoms with Gasteiger partial charge in [0.1, 0.15) is 47.7 Å². The number of aromatic hydroxyl groups is 4. The van der Waals surface area contributed by atoms with E-state index >= 15 is 0 Å². The Morgan fingerprint density at radius 1 is 0.284 bits per heavy atom. The van der Waals surface area contributed by atoms with Gasteiger partial charge in [-0.25, -0.2) is 0 Å². The van der Waals surface area contributed by atoms with Gasteiger partial charge in [-0.1, -0.05) is 453 Å². The van der Waals surface area contributed by atoms with Gasteiger partial charge in [-0.3, -0.25) is 9.59 Å². The molecular formula is C132H118BrK2O10P3. The average molecular weight is 2120 g/mol. The molecule has 24 rings (SSSR count). The van der Waals surface area contributed by atoms with E-state index in [2.05, 4.69) is 351 Å². The molecule has 0 fully saturated rings. The van der Waals surface area contributed by atoms with Crippen LogP contribution in [-0.2, 0) is 36.8 Å². The summed E-state index contributed by atoms with van der Waals surface area (Å²) in [6.07, 6.45) is 15.4. The first-order valence-electron chi connectivity index (χ1n) is 48.1. The molecule has 0 aromatic heterocycles. The summed E-state index contributed by atoms with van der Waals surface area (Å²) in [6, 6.07) is 148. The fraction of sp³-hybridized carbons (Fsp3) is 0.121. The summed E-state index contributed by atoms with van der Waals surface area (Å²) < 4.78 is 11.3. The Labute approximate surface area is 974 Å². The van der Waals surface area contributed by atoms with E-state index in [4.69, 9.17) is 38.8 Å². The van der Waals surface area contributed by atoms with Crippen LogP contribution in [0.25, 0.3) is 66.8 Å². The van der Waals surface area contributed by atoms with E-state index in [9.17, 15) is 25.2 Å². The summed E-state index contributed by atoms with van der Waals surface area (Å²) in [7, 11) is 4.67. The first-order valence-corrected chi connectivity index (χ1v) is 51.9. The smallest absolute Gasteiger partial charge is 1.00 e. The van der Waals surface area contributed by atoms with Crippen LogP contribution < -0.4 is 118 Å². The number of hydrogen-bond acceptors (Lipinski definition) is 10. The third-order valence-corrected chi connectivity index (χ3v) is 27.3. The molecule has 0 saturated heterocycles. The van der Waals surface area contributed by atoms with E-state index in [1.165, 1.54) is 111 Å². The summed E-state index contributed by atoms with van der Waals surface area (Å²) in [5, 5.41) is 48.5. The largest absolute Gasteiger partial charge is 1.00 e. The number of halogens is 1. The van der Waals surface area contributed by atoms with Gasteiger partial charge in [-0.2, -0.15) is 9.90 Å². The summed E-state index contributed by atoms with van der Waals surface area (Å²) in [5.41, 5.74) is 35.4. The van der Waals surface area contributed by atoms with Gasteiger partial charge in [0.05, 0.1) is 21.6 Å². The summed E-state index contributed by atoms with van der Waals surface area (Å²) in [5.74, 6) is 10.0. The molecule has 16 heteroatoms. The van der Waals surface area contributed by atoms with Crippen LogP contribution in [0.4, 0.5) is 0 Å². The Balaban J connectivity index is 0.000000181. The maximum Gasteiger partial charge on any atom is 1.00 e. The molecule has 4 N–H and O–H groups in total. The number of phenols is 4. The first kappa shape index (κ1) is 116. The molecule has 18 aromatic rings. The van der Waals surface area contributed by atoms with Crippen LogP contribution in [0.3, 0.4) is 0 Å². The molecule has 730 valence electrons. The molecule has 6 aliphatic rings. The monoisotopic (exact) mass is 2110 g/mol. The SMILES string of the molecule is C#CCBr.C#CCOc1ccc(C2(c3ccc(OCC#C)cc3)c3ccccc3-c3ccccc32)cc1.CC.CC.CC1(C)c2ccccc2-c2ccccc21.CC1(C)c2ccccc2-c2ccccc21.O=C1c2ccccc2-c2ccccc21.O=CO[O-].Oc1ccc(C2(c3ccc(O)cc3)c3ccccc3-c3ccccc32)cc1.Oc1ccc(C2(c3ccc(O)cc3)c3ccccc3-c3ccccc32)cc1.P.PP.[H-].[K+].[K+]. The van der Waals surface area contributed by atoms with Crippen LogP contribution in [0.2, 0.25) is 0 Å². The quantitative estimate of drug-likeness (QED) is 0.0186. The number of hydrogen-bond donors (Lipinski definition) is 4. The van der Waals surface area contributed by atoms with Crippen molar-refractivity contribution in [2.75, 3.05) is 18.5 Å². The minimum absolute atomic E-state index is 0. The Hall–Kier alpha value is -12.4. The number of alkyl halides is 1. The van der Waals surface area contributed by atoms with Gasteiger partial charge >= 0.3 is 103 Å². The minimum Gasteiger partial charge on any atom is -1.00 e. The molecule has 0 heterocycles. The molecule has 0 spiro atoms. The normalized spacial score (nSPS) is 12.6. The number of carbonyl (C=O) groups is 2. The molecule has 0 aliphatic heterocycles. The van der Waals surface area contributed by atoms with Gasteiger partial charge in [0.25, 0.3) is 6.47 Å². The van der Waals surface area contributed by atoms with Crippen LogP contribution in [-0.4, -0.2) is 51.2 Å².